The minimum Gasteiger partial charge on any atom is -0.482 e. The van der Waals surface area contributed by atoms with Gasteiger partial charge in [0.2, 0.25) is 11.2 Å². The molecule has 4 aliphatic rings. The van der Waals surface area contributed by atoms with E-state index in [0.717, 1.165) is 59.2 Å². The van der Waals surface area contributed by atoms with E-state index in [1.807, 2.05) is 12.1 Å². The Bertz CT molecular complexity index is 1880. The maximum absolute atomic E-state index is 13.3. The van der Waals surface area contributed by atoms with Gasteiger partial charge in [0.15, 0.2) is 6.61 Å². The van der Waals surface area contributed by atoms with Crippen LogP contribution in [0.25, 0.3) is 11.0 Å². The third-order valence-electron chi connectivity index (χ3n) is 14.1. The van der Waals surface area contributed by atoms with Crippen molar-refractivity contribution in [2.75, 3.05) is 6.61 Å². The number of carbonyl (C=O) groups is 1. The van der Waals surface area contributed by atoms with E-state index in [0.29, 0.717) is 33.6 Å². The molecule has 286 valence electrons. The number of rotatable bonds is 11. The average molecular weight is 788 g/mol. The van der Waals surface area contributed by atoms with Crippen molar-refractivity contribution in [1.29, 1.82) is 0 Å². The van der Waals surface area contributed by atoms with Gasteiger partial charge in [0, 0.05) is 17.0 Å². The van der Waals surface area contributed by atoms with Crippen molar-refractivity contribution in [3.05, 3.63) is 74.6 Å². The summed E-state index contributed by atoms with van der Waals surface area (Å²) in [5.74, 6) is 6.03. The van der Waals surface area contributed by atoms with Crippen molar-refractivity contribution in [2.24, 2.45) is 46.3 Å². The monoisotopic (exact) mass is 786 g/mol. The van der Waals surface area contributed by atoms with Crippen LogP contribution < -0.4 is 14.9 Å². The van der Waals surface area contributed by atoms with Gasteiger partial charge in [0.25, 0.3) is 0 Å². The molecule has 3 fully saturated rings. The fraction of sp³-hybridized carbons (Fsp3) is 0.609. The van der Waals surface area contributed by atoms with Crippen molar-refractivity contribution in [3.63, 3.8) is 0 Å². The predicted molar refractivity (Wildman–Crippen MR) is 214 cm³/mol. The molecule has 4 aliphatic carbocycles. The molecule has 1 heterocycles. The summed E-state index contributed by atoms with van der Waals surface area (Å²) in [5.41, 5.74) is 2.32. The van der Waals surface area contributed by atoms with Gasteiger partial charge in [-0.1, -0.05) is 81.5 Å². The second-order valence-corrected chi connectivity index (χ2v) is 18.9. The van der Waals surface area contributed by atoms with Crippen LogP contribution in [0.2, 0.25) is 0 Å². The number of hydrogen-bond donors (Lipinski definition) is 0. The van der Waals surface area contributed by atoms with Gasteiger partial charge in [-0.15, -0.1) is 0 Å². The SMILES string of the molecule is Cc1oc2cc(OCC(=O)O[C@H]3CC[C@@]4(C)C(=CC[C@H]5[C@H]6CC[C@@H]([C@@H](C)CCCC(C)C)C[C@@]6(C)CC[C@H]54)C3)ccc2c(=O)c1Oc1ccc(Br)cc1. The number of benzene rings is 2. The highest BCUT2D eigenvalue weighted by Crippen LogP contribution is 2.65. The number of allylic oxidation sites excluding steroid dienone is 1. The second kappa shape index (κ2) is 15.6. The Balaban J connectivity index is 0.932. The quantitative estimate of drug-likeness (QED) is 0.142. The number of hydrogen-bond acceptors (Lipinski definition) is 6. The van der Waals surface area contributed by atoms with Crippen LogP contribution in [0.5, 0.6) is 17.2 Å². The van der Waals surface area contributed by atoms with Crippen LogP contribution in [-0.2, 0) is 9.53 Å². The van der Waals surface area contributed by atoms with E-state index in [9.17, 15) is 9.59 Å². The van der Waals surface area contributed by atoms with Crippen LogP contribution >= 0.6 is 15.9 Å². The molecule has 6 nitrogen and oxygen atoms in total. The largest absolute Gasteiger partial charge is 0.482 e. The smallest absolute Gasteiger partial charge is 0.344 e. The molecule has 0 saturated heterocycles. The first kappa shape index (κ1) is 38.2. The van der Waals surface area contributed by atoms with Crippen LogP contribution in [-0.4, -0.2) is 18.7 Å². The van der Waals surface area contributed by atoms with Crippen molar-refractivity contribution in [1.82, 2.24) is 0 Å². The maximum atomic E-state index is 13.3. The summed E-state index contributed by atoms with van der Waals surface area (Å²) in [6.45, 7) is 13.9. The lowest BCUT2D eigenvalue weighted by atomic mass is 9.44. The minimum absolute atomic E-state index is 0.120. The third kappa shape index (κ3) is 8.02. The third-order valence-corrected chi connectivity index (χ3v) is 14.6. The summed E-state index contributed by atoms with van der Waals surface area (Å²) in [4.78, 5) is 26.3. The Morgan fingerprint density at radius 1 is 0.962 bits per heavy atom. The number of fused-ring (bicyclic) bond motifs is 6. The summed E-state index contributed by atoms with van der Waals surface area (Å²) in [6.07, 6.45) is 17.5. The Hall–Kier alpha value is -3.06. The Kier molecular flexibility index (Phi) is 11.2. The predicted octanol–water partition coefficient (Wildman–Crippen LogP) is 12.4. The highest BCUT2D eigenvalue weighted by atomic mass is 79.9. The standard InChI is InChI=1S/C46H59BrO6/c1-28(2)8-7-9-29(3)31-10-19-39-37-17-11-32-24-36(20-23-46(32,6)40(37)21-22-45(39,5)26-31)52-42(48)27-50-35-16-18-38-41(25-35)51-30(4)44(43(38)49)53-34-14-12-33(47)13-15-34/h11-16,18,25,28-29,31,36-37,39-40H,7-10,17,19-24,26-27H2,1-6H3/t29-,31+,36-,37-,39+,40+,45+,46-/m0/s1. The molecule has 1 aromatic heterocycles. The molecule has 0 amide bonds. The lowest BCUT2D eigenvalue weighted by molar-refractivity contribution is -0.154. The van der Waals surface area contributed by atoms with E-state index in [2.05, 4.69) is 56.6 Å². The van der Waals surface area contributed by atoms with Crippen LogP contribution in [0.3, 0.4) is 0 Å². The van der Waals surface area contributed by atoms with E-state index in [1.54, 1.807) is 37.3 Å². The van der Waals surface area contributed by atoms with Gasteiger partial charge in [-0.3, -0.25) is 4.79 Å². The Morgan fingerprint density at radius 3 is 2.51 bits per heavy atom. The maximum Gasteiger partial charge on any atom is 0.344 e. The molecule has 3 aromatic rings. The number of ether oxygens (including phenoxy) is 3. The van der Waals surface area contributed by atoms with Crippen molar-refractivity contribution in [3.8, 4) is 17.2 Å². The fourth-order valence-corrected chi connectivity index (χ4v) is 11.3. The van der Waals surface area contributed by atoms with E-state index in [4.69, 9.17) is 18.6 Å². The van der Waals surface area contributed by atoms with Crippen LogP contribution in [0.4, 0.5) is 0 Å². The lowest BCUT2D eigenvalue weighted by Crippen LogP contribution is -2.52. The molecule has 7 rings (SSSR count). The second-order valence-electron chi connectivity index (χ2n) is 18.0. The molecule has 0 bridgehead atoms. The molecule has 53 heavy (non-hydrogen) atoms. The van der Waals surface area contributed by atoms with E-state index >= 15 is 0 Å². The zero-order valence-corrected chi connectivity index (χ0v) is 34.3. The zero-order valence-electron chi connectivity index (χ0n) is 32.7. The average Bonchev–Trinajstić information content (AvgIpc) is 3.12. The van der Waals surface area contributed by atoms with Crippen LogP contribution in [0.15, 0.2) is 67.8 Å². The molecule has 0 unspecified atom stereocenters. The first-order chi connectivity index (χ1) is 25.3. The summed E-state index contributed by atoms with van der Waals surface area (Å²) in [7, 11) is 0. The molecule has 3 saturated carbocycles. The number of carbonyl (C=O) groups excluding carboxylic acids is 1. The first-order valence-corrected chi connectivity index (χ1v) is 21.1. The van der Waals surface area contributed by atoms with Crippen LogP contribution in [0, 0.1) is 53.3 Å². The summed E-state index contributed by atoms with van der Waals surface area (Å²) >= 11 is 3.41. The molecule has 2 aromatic carbocycles. The van der Waals surface area contributed by atoms with Crippen molar-refractivity contribution in [2.45, 2.75) is 125 Å². The molecule has 7 heteroatoms. The summed E-state index contributed by atoms with van der Waals surface area (Å²) in [5, 5.41) is 0.378. The molecular weight excluding hydrogens is 728 g/mol. The minimum atomic E-state index is -0.368. The fourth-order valence-electron chi connectivity index (χ4n) is 11.1. The first-order valence-electron chi connectivity index (χ1n) is 20.4. The normalized spacial score (nSPS) is 30.1. The van der Waals surface area contributed by atoms with Crippen molar-refractivity contribution < 1.29 is 23.4 Å². The summed E-state index contributed by atoms with van der Waals surface area (Å²) < 4.78 is 24.6. The Labute approximate surface area is 324 Å². The summed E-state index contributed by atoms with van der Waals surface area (Å²) in [6, 6.07) is 12.2. The van der Waals surface area contributed by atoms with Crippen LogP contribution in [0.1, 0.15) is 117 Å². The molecule has 0 aliphatic heterocycles. The number of aryl methyl sites for hydroxylation is 1. The van der Waals surface area contributed by atoms with E-state index < -0.39 is 0 Å². The molecular formula is C46H59BrO6. The molecule has 0 radical (unpaired) electrons. The highest BCUT2D eigenvalue weighted by molar-refractivity contribution is 9.10. The molecule has 8 atom stereocenters. The van der Waals surface area contributed by atoms with Crippen molar-refractivity contribution >= 4 is 32.9 Å². The van der Waals surface area contributed by atoms with Gasteiger partial charge in [0.05, 0.1) is 5.39 Å². The highest BCUT2D eigenvalue weighted by Gasteiger charge is 2.56. The molecule has 0 N–H and O–H groups in total. The van der Waals surface area contributed by atoms with Gasteiger partial charge >= 0.3 is 5.97 Å². The van der Waals surface area contributed by atoms with E-state index in [-0.39, 0.29) is 35.3 Å². The van der Waals surface area contributed by atoms with E-state index in [1.165, 1.54) is 63.4 Å². The number of halogens is 1. The Morgan fingerprint density at radius 2 is 1.74 bits per heavy atom. The van der Waals surface area contributed by atoms with Gasteiger partial charge in [0.1, 0.15) is 28.9 Å². The topological polar surface area (TPSA) is 75.0 Å². The van der Waals surface area contributed by atoms with Gasteiger partial charge < -0.3 is 18.6 Å². The van der Waals surface area contributed by atoms with Gasteiger partial charge in [-0.05, 0) is 141 Å². The van der Waals surface area contributed by atoms with Gasteiger partial charge in [-0.25, -0.2) is 4.79 Å². The number of esters is 1. The zero-order chi connectivity index (χ0) is 37.5. The lowest BCUT2D eigenvalue weighted by Gasteiger charge is -2.61. The van der Waals surface area contributed by atoms with Gasteiger partial charge in [-0.2, -0.15) is 0 Å². The molecule has 0 spiro atoms.